The first-order valence-electron chi connectivity index (χ1n) is 10.1. The summed E-state index contributed by atoms with van der Waals surface area (Å²) in [5.74, 6) is -1.30. The molecule has 0 unspecified atom stereocenters. The van der Waals surface area contributed by atoms with Gasteiger partial charge in [-0.15, -0.1) is 9.35 Å². The Balaban J connectivity index is 3.94. The third kappa shape index (κ3) is 18.6. The molecule has 0 aromatic heterocycles. The van der Waals surface area contributed by atoms with Crippen molar-refractivity contribution in [1.82, 2.24) is 0 Å². The second-order valence-corrected chi connectivity index (χ2v) is 7.89. The molecule has 1 N–H and O–H groups in total. The molecule has 0 fully saturated rings. The summed E-state index contributed by atoms with van der Waals surface area (Å²) in [5, 5.41) is 8.66. The lowest BCUT2D eigenvalue weighted by Crippen LogP contribution is -2.10. The fraction of sp³-hybridized carbons (Fsp3) is 0.944. The minimum atomic E-state index is -4.23. The Labute approximate surface area is 163 Å². The van der Waals surface area contributed by atoms with E-state index in [4.69, 9.17) is 24.2 Å². The molecule has 0 atom stereocenters. The van der Waals surface area contributed by atoms with Crippen LogP contribution in [0.4, 0.5) is 0 Å². The molecule has 0 rings (SSSR count). The zero-order chi connectivity index (χ0) is 20.2. The quantitative estimate of drug-likeness (QED) is 0.109. The molecule has 0 aliphatic heterocycles. The van der Waals surface area contributed by atoms with E-state index in [2.05, 4.69) is 18.4 Å². The number of hydrogen-bond acceptors (Lipinski definition) is 7. The first kappa shape index (κ1) is 26.5. The summed E-state index contributed by atoms with van der Waals surface area (Å²) in [6.07, 6.45) is 12.7. The third-order valence-corrected chi connectivity index (χ3v) is 4.82. The topological polar surface area (TPSA) is 101 Å². The number of rotatable bonds is 21. The summed E-state index contributed by atoms with van der Waals surface area (Å²) in [5.41, 5.74) is 0. The van der Waals surface area contributed by atoms with Crippen molar-refractivity contribution >= 4 is 13.8 Å². The maximum atomic E-state index is 12.3. The molecule has 0 aromatic rings. The molecule has 8 nitrogen and oxygen atoms in total. The Morgan fingerprint density at radius 1 is 0.741 bits per heavy atom. The number of phosphoric acid groups is 1. The van der Waals surface area contributed by atoms with E-state index < -0.39 is 20.4 Å². The minimum absolute atomic E-state index is 0.216. The number of carboxylic acids is 1. The summed E-state index contributed by atoms with van der Waals surface area (Å²) >= 11 is 0. The van der Waals surface area contributed by atoms with Crippen LogP contribution < -0.4 is 0 Å². The van der Waals surface area contributed by atoms with Crippen molar-refractivity contribution in [2.45, 2.75) is 90.9 Å². The predicted octanol–water partition coefficient (Wildman–Crippen LogP) is 5.81. The minimum Gasteiger partial charge on any atom is -0.480 e. The lowest BCUT2D eigenvalue weighted by Gasteiger charge is -2.14. The Kier molecular flexibility index (Phi) is 18.5. The van der Waals surface area contributed by atoms with Gasteiger partial charge in [-0.25, -0.2) is 19.1 Å². The maximum absolute atomic E-state index is 12.3. The van der Waals surface area contributed by atoms with Gasteiger partial charge < -0.3 is 5.11 Å². The highest BCUT2D eigenvalue weighted by molar-refractivity contribution is 7.48. The van der Waals surface area contributed by atoms with Crippen LogP contribution in [0.5, 0.6) is 0 Å². The highest BCUT2D eigenvalue weighted by Crippen LogP contribution is 2.49. The Bertz CT molecular complexity index is 368. The second-order valence-electron chi connectivity index (χ2n) is 6.44. The molecule has 0 aromatic carbocycles. The Morgan fingerprint density at radius 2 is 1.15 bits per heavy atom. The molecule has 0 saturated carbocycles. The van der Waals surface area contributed by atoms with Crippen LogP contribution in [0, 0.1) is 0 Å². The molecule has 9 heteroatoms. The summed E-state index contributed by atoms with van der Waals surface area (Å²) in [6, 6.07) is 0. The van der Waals surface area contributed by atoms with Crippen LogP contribution in [0.25, 0.3) is 0 Å². The molecule has 0 amide bonds. The van der Waals surface area contributed by atoms with Crippen molar-refractivity contribution in [3.63, 3.8) is 0 Å². The smallest absolute Gasteiger partial charge is 0.480 e. The number of carboxylic acid groups (broad SMARTS) is 1. The van der Waals surface area contributed by atoms with E-state index in [0.29, 0.717) is 0 Å². The van der Waals surface area contributed by atoms with Gasteiger partial charge in [0.25, 0.3) is 0 Å². The average Bonchev–Trinajstić information content (AvgIpc) is 2.64. The normalized spacial score (nSPS) is 11.8. The van der Waals surface area contributed by atoms with Gasteiger partial charge in [0.1, 0.15) is 0 Å². The van der Waals surface area contributed by atoms with Crippen LogP contribution in [-0.2, 0) is 33.0 Å². The fourth-order valence-electron chi connectivity index (χ4n) is 2.28. The van der Waals surface area contributed by atoms with Crippen LogP contribution in [0.3, 0.4) is 0 Å². The van der Waals surface area contributed by atoms with E-state index in [0.717, 1.165) is 38.5 Å². The van der Waals surface area contributed by atoms with E-state index in [1.807, 2.05) is 0 Å². The Hall–Kier alpha value is -0.500. The maximum Gasteiger partial charge on any atom is 0.529 e. The molecule has 0 spiro atoms. The van der Waals surface area contributed by atoms with Crippen molar-refractivity contribution in [3.05, 3.63) is 0 Å². The van der Waals surface area contributed by atoms with Crippen molar-refractivity contribution in [3.8, 4) is 0 Å². The van der Waals surface area contributed by atoms with Gasteiger partial charge in [0.05, 0.1) is 13.2 Å². The number of hydrogen-bond donors (Lipinski definition) is 1. The standard InChI is InChI=1S/C18H37O8P/c1-3-5-7-9-11-13-15-22-25-27(21,24-17-18(19)20)26-23-16-14-12-10-8-6-4-2/h3-17H2,1-2H3,(H,19,20). The number of aliphatic carboxylic acids is 1. The van der Waals surface area contributed by atoms with E-state index in [1.54, 1.807) is 0 Å². The summed E-state index contributed by atoms with van der Waals surface area (Å²) in [4.78, 5) is 20.4. The molecule has 0 heterocycles. The first-order valence-corrected chi connectivity index (χ1v) is 11.6. The second kappa shape index (κ2) is 18.8. The zero-order valence-corrected chi connectivity index (χ0v) is 17.8. The molecule has 0 aliphatic carbocycles. The predicted molar refractivity (Wildman–Crippen MR) is 102 cm³/mol. The Morgan fingerprint density at radius 3 is 1.56 bits per heavy atom. The van der Waals surface area contributed by atoms with Gasteiger partial charge in [0.15, 0.2) is 6.61 Å². The van der Waals surface area contributed by atoms with Crippen LogP contribution in [0.2, 0.25) is 0 Å². The third-order valence-electron chi connectivity index (χ3n) is 3.80. The van der Waals surface area contributed by atoms with E-state index in [-0.39, 0.29) is 13.2 Å². The molecular weight excluding hydrogens is 375 g/mol. The fourth-order valence-corrected chi connectivity index (χ4v) is 3.06. The van der Waals surface area contributed by atoms with Crippen molar-refractivity contribution in [1.29, 1.82) is 0 Å². The van der Waals surface area contributed by atoms with Gasteiger partial charge in [-0.3, -0.25) is 4.52 Å². The average molecular weight is 412 g/mol. The molecule has 0 bridgehead atoms. The lowest BCUT2D eigenvalue weighted by atomic mass is 10.1. The number of unbranched alkanes of at least 4 members (excludes halogenated alkanes) is 10. The van der Waals surface area contributed by atoms with Gasteiger partial charge >= 0.3 is 13.8 Å². The van der Waals surface area contributed by atoms with Crippen LogP contribution in [0.1, 0.15) is 90.9 Å². The van der Waals surface area contributed by atoms with Gasteiger partial charge in [-0.05, 0) is 12.8 Å². The highest BCUT2D eigenvalue weighted by Gasteiger charge is 2.31. The van der Waals surface area contributed by atoms with Gasteiger partial charge in [0.2, 0.25) is 0 Å². The monoisotopic (exact) mass is 412 g/mol. The van der Waals surface area contributed by atoms with Gasteiger partial charge in [-0.1, -0.05) is 78.1 Å². The van der Waals surface area contributed by atoms with Crippen molar-refractivity contribution in [2.24, 2.45) is 0 Å². The summed E-state index contributed by atoms with van der Waals surface area (Å²) in [7, 11) is -4.23. The van der Waals surface area contributed by atoms with E-state index >= 15 is 0 Å². The van der Waals surface area contributed by atoms with E-state index in [9.17, 15) is 9.36 Å². The van der Waals surface area contributed by atoms with Crippen LogP contribution in [-0.4, -0.2) is 30.9 Å². The van der Waals surface area contributed by atoms with Crippen LogP contribution >= 0.6 is 7.82 Å². The lowest BCUT2D eigenvalue weighted by molar-refractivity contribution is -0.282. The van der Waals surface area contributed by atoms with Gasteiger partial charge in [-0.2, -0.15) is 0 Å². The van der Waals surface area contributed by atoms with Crippen molar-refractivity contribution in [2.75, 3.05) is 19.8 Å². The largest absolute Gasteiger partial charge is 0.529 e. The molecule has 162 valence electrons. The van der Waals surface area contributed by atoms with E-state index in [1.165, 1.54) is 38.5 Å². The van der Waals surface area contributed by atoms with Crippen molar-refractivity contribution < 1.29 is 38.1 Å². The summed E-state index contributed by atoms with van der Waals surface area (Å²) in [6.45, 7) is 3.90. The highest BCUT2D eigenvalue weighted by atomic mass is 31.2. The zero-order valence-electron chi connectivity index (χ0n) is 16.9. The van der Waals surface area contributed by atoms with Gasteiger partial charge in [0, 0.05) is 0 Å². The van der Waals surface area contributed by atoms with Crippen LogP contribution in [0.15, 0.2) is 0 Å². The molecule has 27 heavy (non-hydrogen) atoms. The molecular formula is C18H37O8P. The molecule has 0 aliphatic rings. The molecule has 0 saturated heterocycles. The summed E-state index contributed by atoms with van der Waals surface area (Å²) < 4.78 is 26.3. The first-order chi connectivity index (χ1) is 13.0. The SMILES string of the molecule is CCCCCCCCOOP(=O)(OCC(=O)O)OOCCCCCCCC. The molecule has 0 radical (unpaired) electrons. The number of carbonyl (C=O) groups is 1.